The smallest absolute Gasteiger partial charge is 0.229 e. The fourth-order valence-electron chi connectivity index (χ4n) is 3.24. The van der Waals surface area contributed by atoms with Crippen molar-refractivity contribution in [3.63, 3.8) is 0 Å². The number of carbonyl (C=O) groups is 3. The minimum atomic E-state index is -0.174. The van der Waals surface area contributed by atoms with Gasteiger partial charge >= 0.3 is 0 Å². The Kier molecular flexibility index (Phi) is 6.36. The molecule has 0 bridgehead atoms. The SMILES string of the molecule is O=C(CCN1C(=O)CCC1=O)N(CCc1ccccc1)Cc1ccccc1. The lowest BCUT2D eigenvalue weighted by Gasteiger charge is -2.24. The highest BCUT2D eigenvalue weighted by molar-refractivity contribution is 6.02. The molecule has 27 heavy (non-hydrogen) atoms. The van der Waals surface area contributed by atoms with Gasteiger partial charge in [-0.1, -0.05) is 60.7 Å². The third-order valence-corrected chi connectivity index (χ3v) is 4.79. The molecule has 5 heteroatoms. The number of nitrogens with zero attached hydrogens (tertiary/aromatic N) is 2. The van der Waals surface area contributed by atoms with E-state index in [4.69, 9.17) is 0 Å². The Labute approximate surface area is 159 Å². The van der Waals surface area contributed by atoms with Crippen molar-refractivity contribution in [2.75, 3.05) is 13.1 Å². The molecule has 140 valence electrons. The average Bonchev–Trinajstić information content (AvgIpc) is 3.02. The first-order valence-electron chi connectivity index (χ1n) is 9.32. The van der Waals surface area contributed by atoms with Crippen LogP contribution in [0.15, 0.2) is 60.7 Å². The highest BCUT2D eigenvalue weighted by Gasteiger charge is 2.29. The fourth-order valence-corrected chi connectivity index (χ4v) is 3.24. The first kappa shape index (κ1) is 18.8. The maximum absolute atomic E-state index is 12.8. The van der Waals surface area contributed by atoms with Gasteiger partial charge in [0.25, 0.3) is 0 Å². The molecule has 0 N–H and O–H groups in total. The number of hydrogen-bond acceptors (Lipinski definition) is 3. The van der Waals surface area contributed by atoms with Crippen molar-refractivity contribution in [3.8, 4) is 0 Å². The van der Waals surface area contributed by atoms with Crippen LogP contribution in [0.2, 0.25) is 0 Å². The molecule has 0 saturated carbocycles. The Hall–Kier alpha value is -2.95. The predicted molar refractivity (Wildman–Crippen MR) is 103 cm³/mol. The molecule has 0 radical (unpaired) electrons. The van der Waals surface area contributed by atoms with E-state index in [9.17, 15) is 14.4 Å². The third-order valence-electron chi connectivity index (χ3n) is 4.79. The van der Waals surface area contributed by atoms with Crippen LogP contribution in [0, 0.1) is 0 Å². The molecule has 1 fully saturated rings. The van der Waals surface area contributed by atoms with Crippen molar-refractivity contribution < 1.29 is 14.4 Å². The number of amides is 3. The largest absolute Gasteiger partial charge is 0.338 e. The van der Waals surface area contributed by atoms with Crippen molar-refractivity contribution >= 4 is 17.7 Å². The summed E-state index contributed by atoms with van der Waals surface area (Å²) in [5, 5.41) is 0. The molecule has 0 spiro atoms. The summed E-state index contributed by atoms with van der Waals surface area (Å²) in [6.07, 6.45) is 1.45. The van der Waals surface area contributed by atoms with Gasteiger partial charge in [-0.2, -0.15) is 0 Å². The molecule has 2 aromatic carbocycles. The maximum atomic E-state index is 12.8. The van der Waals surface area contributed by atoms with E-state index in [1.165, 1.54) is 10.5 Å². The molecule has 1 aliphatic rings. The van der Waals surface area contributed by atoms with Gasteiger partial charge < -0.3 is 4.90 Å². The fraction of sp³-hybridized carbons (Fsp3) is 0.318. The maximum Gasteiger partial charge on any atom is 0.229 e. The molecule has 0 unspecified atom stereocenters. The Morgan fingerprint density at radius 3 is 2.00 bits per heavy atom. The van der Waals surface area contributed by atoms with Gasteiger partial charge in [0.1, 0.15) is 0 Å². The van der Waals surface area contributed by atoms with E-state index in [1.807, 2.05) is 65.6 Å². The van der Waals surface area contributed by atoms with Gasteiger partial charge in [-0.25, -0.2) is 0 Å². The zero-order chi connectivity index (χ0) is 19.1. The number of hydrogen-bond donors (Lipinski definition) is 0. The quantitative estimate of drug-likeness (QED) is 0.677. The first-order chi connectivity index (χ1) is 13.1. The minimum absolute atomic E-state index is 0.0396. The van der Waals surface area contributed by atoms with Crippen LogP contribution in [-0.4, -0.2) is 40.6 Å². The Morgan fingerprint density at radius 1 is 0.852 bits per heavy atom. The second-order valence-electron chi connectivity index (χ2n) is 6.73. The lowest BCUT2D eigenvalue weighted by atomic mass is 10.1. The lowest BCUT2D eigenvalue weighted by Crippen LogP contribution is -2.37. The third kappa shape index (κ3) is 5.26. The summed E-state index contributed by atoms with van der Waals surface area (Å²) >= 11 is 0. The number of rotatable bonds is 8. The minimum Gasteiger partial charge on any atom is -0.338 e. The van der Waals surface area contributed by atoms with E-state index < -0.39 is 0 Å². The monoisotopic (exact) mass is 364 g/mol. The summed E-state index contributed by atoms with van der Waals surface area (Å²) in [6.45, 7) is 1.29. The van der Waals surface area contributed by atoms with Crippen LogP contribution in [0.3, 0.4) is 0 Å². The molecule has 3 rings (SSSR count). The summed E-state index contributed by atoms with van der Waals surface area (Å²) < 4.78 is 0. The number of imide groups is 1. The topological polar surface area (TPSA) is 57.7 Å². The zero-order valence-corrected chi connectivity index (χ0v) is 15.3. The molecule has 5 nitrogen and oxygen atoms in total. The predicted octanol–water partition coefficient (Wildman–Crippen LogP) is 2.80. The van der Waals surface area contributed by atoms with Gasteiger partial charge in [0.15, 0.2) is 0 Å². The zero-order valence-electron chi connectivity index (χ0n) is 15.3. The molecule has 3 amide bonds. The van der Waals surface area contributed by atoms with Crippen molar-refractivity contribution in [2.24, 2.45) is 0 Å². The molecule has 0 aromatic heterocycles. The molecule has 1 aliphatic heterocycles. The van der Waals surface area contributed by atoms with Crippen LogP contribution >= 0.6 is 0 Å². The van der Waals surface area contributed by atoms with Gasteiger partial charge in [-0.3, -0.25) is 19.3 Å². The number of carbonyl (C=O) groups excluding carboxylic acids is 3. The van der Waals surface area contributed by atoms with Crippen LogP contribution in [-0.2, 0) is 27.3 Å². The molecule has 2 aromatic rings. The van der Waals surface area contributed by atoms with Crippen LogP contribution in [0.1, 0.15) is 30.4 Å². The van der Waals surface area contributed by atoms with Gasteiger partial charge in [-0.15, -0.1) is 0 Å². The molecule has 0 atom stereocenters. The van der Waals surface area contributed by atoms with Crippen LogP contribution < -0.4 is 0 Å². The van der Waals surface area contributed by atoms with Crippen LogP contribution in [0.5, 0.6) is 0 Å². The molecular weight excluding hydrogens is 340 g/mol. The van der Waals surface area contributed by atoms with Gasteiger partial charge in [0, 0.05) is 38.9 Å². The summed E-state index contributed by atoms with van der Waals surface area (Å²) in [7, 11) is 0. The Balaban J connectivity index is 1.63. The lowest BCUT2D eigenvalue weighted by molar-refractivity contribution is -0.139. The molecule has 0 aliphatic carbocycles. The van der Waals surface area contributed by atoms with Gasteiger partial charge in [0.05, 0.1) is 0 Å². The van der Waals surface area contributed by atoms with Crippen molar-refractivity contribution in [3.05, 3.63) is 71.8 Å². The molecular formula is C22H24N2O3. The van der Waals surface area contributed by atoms with Crippen molar-refractivity contribution in [1.29, 1.82) is 0 Å². The summed E-state index contributed by atoms with van der Waals surface area (Å²) in [5.41, 5.74) is 2.24. The normalized spacial score (nSPS) is 13.9. The van der Waals surface area contributed by atoms with Crippen molar-refractivity contribution in [2.45, 2.75) is 32.2 Å². The standard InChI is InChI=1S/C22H24N2O3/c25-20(14-16-24-21(26)11-12-22(24)27)23(17-19-9-5-2-6-10-19)15-13-18-7-3-1-4-8-18/h1-10H,11-17H2. The van der Waals surface area contributed by atoms with E-state index in [1.54, 1.807) is 0 Å². The summed E-state index contributed by atoms with van der Waals surface area (Å²) in [6, 6.07) is 19.9. The van der Waals surface area contributed by atoms with E-state index in [0.29, 0.717) is 13.1 Å². The van der Waals surface area contributed by atoms with Crippen molar-refractivity contribution in [1.82, 2.24) is 9.80 Å². The summed E-state index contributed by atoms with van der Waals surface area (Å²) in [5.74, 6) is -0.388. The van der Waals surface area contributed by atoms with Crippen LogP contribution in [0.4, 0.5) is 0 Å². The van der Waals surface area contributed by atoms with Gasteiger partial charge in [-0.05, 0) is 17.5 Å². The van der Waals surface area contributed by atoms with E-state index in [2.05, 4.69) is 0 Å². The van der Waals surface area contributed by atoms with E-state index >= 15 is 0 Å². The highest BCUT2D eigenvalue weighted by atomic mass is 16.2. The summed E-state index contributed by atoms with van der Waals surface area (Å²) in [4.78, 5) is 39.3. The van der Waals surface area contributed by atoms with Crippen LogP contribution in [0.25, 0.3) is 0 Å². The molecule has 1 saturated heterocycles. The highest BCUT2D eigenvalue weighted by Crippen LogP contribution is 2.14. The second-order valence-corrected chi connectivity index (χ2v) is 6.73. The van der Waals surface area contributed by atoms with E-state index in [-0.39, 0.29) is 43.5 Å². The van der Waals surface area contributed by atoms with Gasteiger partial charge in [0.2, 0.25) is 17.7 Å². The average molecular weight is 364 g/mol. The Morgan fingerprint density at radius 2 is 1.41 bits per heavy atom. The second kappa shape index (κ2) is 9.12. The number of likely N-dealkylation sites (tertiary alicyclic amines) is 1. The first-order valence-corrected chi connectivity index (χ1v) is 9.32. The van der Waals surface area contributed by atoms with E-state index in [0.717, 1.165) is 12.0 Å². The molecule has 1 heterocycles. The number of benzene rings is 2. The Bertz CT molecular complexity index is 774.